The van der Waals surface area contributed by atoms with E-state index in [0.29, 0.717) is 36.2 Å². The Balaban J connectivity index is 1.72. The molecule has 4 N–H and O–H groups in total. The molecule has 0 aromatic heterocycles. The number of carbonyl (C=O) groups excluding carboxylic acids is 7. The fraction of sp³-hybridized carbons (Fsp3) is 0.636. The van der Waals surface area contributed by atoms with Crippen molar-refractivity contribution in [2.45, 2.75) is 149 Å². The number of thiol groups is 1. The molecule has 2 aromatic rings. The second-order valence-corrected chi connectivity index (χ2v) is 20.7. The first-order valence-electron chi connectivity index (χ1n) is 26.0. The predicted octanol–water partition coefficient (Wildman–Crippen LogP) is 5.40. The maximum atomic E-state index is 14.3. The second kappa shape index (κ2) is 30.9. The number of hydrazone groups is 1. The molecule has 10 atom stereocenters. The topological polar surface area (TPSA) is 217 Å². The third-order valence-corrected chi connectivity index (χ3v) is 14.4. The molecule has 1 heterocycles. The highest BCUT2D eigenvalue weighted by atomic mass is 32.1. The zero-order valence-electron chi connectivity index (χ0n) is 46.3. The summed E-state index contributed by atoms with van der Waals surface area (Å²) in [4.78, 5) is 98.9. The minimum Gasteiger partial charge on any atom is -0.452 e. The largest absolute Gasteiger partial charge is 0.452 e. The maximum Gasteiger partial charge on any atom is 0.338 e. The Kier molecular flexibility index (Phi) is 26.2. The molecular formula is C55H86N8O10S. The maximum absolute atomic E-state index is 14.3. The molecule has 74 heavy (non-hydrogen) atoms. The van der Waals surface area contributed by atoms with Gasteiger partial charge in [0.15, 0.2) is 0 Å². The van der Waals surface area contributed by atoms with E-state index in [4.69, 9.17) is 14.2 Å². The average molecular weight is 1050 g/mol. The molecule has 0 saturated carbocycles. The molecule has 1 aliphatic heterocycles. The lowest BCUT2D eigenvalue weighted by Crippen LogP contribution is -2.59. The second-order valence-electron chi connectivity index (χ2n) is 20.4. The van der Waals surface area contributed by atoms with E-state index in [9.17, 15) is 33.6 Å². The van der Waals surface area contributed by atoms with Crippen LogP contribution in [0.25, 0.3) is 0 Å². The molecule has 6 amide bonds. The molecule has 0 aliphatic carbocycles. The van der Waals surface area contributed by atoms with Crippen molar-refractivity contribution in [1.29, 1.82) is 0 Å². The Labute approximate surface area is 445 Å². The van der Waals surface area contributed by atoms with Crippen molar-refractivity contribution < 1.29 is 47.8 Å². The van der Waals surface area contributed by atoms with Gasteiger partial charge in [0.05, 0.1) is 59.3 Å². The number of nitrogens with zero attached hydrogens (tertiary/aromatic N) is 4. The lowest BCUT2D eigenvalue weighted by Gasteiger charge is -2.40. The van der Waals surface area contributed by atoms with Gasteiger partial charge in [-0.25, -0.2) is 10.2 Å². The van der Waals surface area contributed by atoms with E-state index in [1.807, 2.05) is 77.0 Å². The molecule has 1 saturated heterocycles. The van der Waals surface area contributed by atoms with Gasteiger partial charge in [-0.3, -0.25) is 33.7 Å². The van der Waals surface area contributed by atoms with E-state index in [1.54, 1.807) is 69.0 Å². The number of esters is 1. The van der Waals surface area contributed by atoms with E-state index < -0.39 is 54.4 Å². The molecule has 0 bridgehead atoms. The van der Waals surface area contributed by atoms with Gasteiger partial charge >= 0.3 is 5.97 Å². The summed E-state index contributed by atoms with van der Waals surface area (Å²) < 4.78 is 18.2. The number of hydrogen-bond donors (Lipinski definition) is 5. The van der Waals surface area contributed by atoms with Crippen molar-refractivity contribution in [3.63, 3.8) is 0 Å². The van der Waals surface area contributed by atoms with Crippen LogP contribution in [0.15, 0.2) is 59.7 Å². The van der Waals surface area contributed by atoms with Gasteiger partial charge in [0, 0.05) is 47.2 Å². The quantitative estimate of drug-likeness (QED) is 0.0301. The number of rotatable bonds is 29. The SMILES string of the molecule is CCC(C)C(C(CCC(=O)N1CCCC1C(OC)C(C)C(=O)NC(C)C(OC(=O)c1ccc(/C(C)=N/NC(=O)CCNC(=O)CS)cc1)c1ccccc1)OC)N(C)C(=O)[C@@H](NC(=O)C(C(C)C)N(C)C)C(C)C. The smallest absolute Gasteiger partial charge is 0.338 e. The number of methoxy groups -OCH3 is 2. The fourth-order valence-electron chi connectivity index (χ4n) is 9.82. The standard InChI is InChI=1S/C55H86N8O10S/c1-15-35(6)49(62(12)54(69)47(33(2)3)58-53(68)48(34(4)5)61(10)11)43(71-13)27-28-46(66)63-31-19-22-42(63)50(72-14)36(7)52(67)57-38(9)51(40-20-17-16-18-21-40)73-55(70)41-25-23-39(24-26-41)37(8)59-60-44(64)29-30-56-45(65)32-74/h16-18,20-21,23-26,33-36,38,42-43,47-51,74H,15,19,22,27-32H2,1-14H3,(H,56,65)(H,57,67)(H,58,68)(H,60,64)/b59-37+/t35?,36?,38?,42?,43?,47-,48?,49?,50?,51?/m0/s1. The predicted molar refractivity (Wildman–Crippen MR) is 290 cm³/mol. The highest BCUT2D eigenvalue weighted by Crippen LogP contribution is 2.30. The number of likely N-dealkylation sites (N-methyl/N-ethyl adjacent to an activating group) is 2. The first-order valence-corrected chi connectivity index (χ1v) is 26.6. The molecule has 9 unspecified atom stereocenters. The summed E-state index contributed by atoms with van der Waals surface area (Å²) in [6.45, 7) is 17.8. The van der Waals surface area contributed by atoms with Gasteiger partial charge in [0.25, 0.3) is 0 Å². The molecule has 2 aromatic carbocycles. The fourth-order valence-corrected chi connectivity index (χ4v) is 9.93. The van der Waals surface area contributed by atoms with Crippen LogP contribution in [0.4, 0.5) is 0 Å². The van der Waals surface area contributed by atoms with Gasteiger partial charge < -0.3 is 40.0 Å². The Morgan fingerprint density at radius 2 is 1.45 bits per heavy atom. The van der Waals surface area contributed by atoms with E-state index in [1.165, 1.54) is 7.11 Å². The summed E-state index contributed by atoms with van der Waals surface area (Å²) in [6, 6.07) is 13.1. The number of amides is 6. The van der Waals surface area contributed by atoms with Gasteiger partial charge in [-0.1, -0.05) is 97.4 Å². The van der Waals surface area contributed by atoms with Crippen LogP contribution in [-0.2, 0) is 43.0 Å². The van der Waals surface area contributed by atoms with E-state index >= 15 is 0 Å². The summed E-state index contributed by atoms with van der Waals surface area (Å²) in [7, 11) is 8.60. The van der Waals surface area contributed by atoms with Crippen LogP contribution in [-0.4, -0.2) is 158 Å². The van der Waals surface area contributed by atoms with Crippen LogP contribution in [0.1, 0.15) is 128 Å². The van der Waals surface area contributed by atoms with Crippen LogP contribution in [0.3, 0.4) is 0 Å². The van der Waals surface area contributed by atoms with Gasteiger partial charge in [0.1, 0.15) is 12.1 Å². The normalized spacial score (nSPS) is 17.6. The van der Waals surface area contributed by atoms with Gasteiger partial charge in [-0.15, -0.1) is 0 Å². The molecule has 3 rings (SSSR count). The van der Waals surface area contributed by atoms with E-state index in [2.05, 4.69) is 53.0 Å². The molecule has 0 radical (unpaired) electrons. The molecule has 412 valence electrons. The van der Waals surface area contributed by atoms with Crippen LogP contribution in [0.5, 0.6) is 0 Å². The van der Waals surface area contributed by atoms with Crippen LogP contribution >= 0.6 is 12.6 Å². The number of benzene rings is 2. The average Bonchev–Trinajstić information content (AvgIpc) is 3.86. The summed E-state index contributed by atoms with van der Waals surface area (Å²) in [6.07, 6.45) is 0.600. The van der Waals surface area contributed by atoms with Crippen LogP contribution in [0, 0.1) is 23.7 Å². The van der Waals surface area contributed by atoms with Gasteiger partial charge in [-0.05, 0) is 88.2 Å². The third kappa shape index (κ3) is 17.9. The van der Waals surface area contributed by atoms with E-state index in [-0.39, 0.29) is 89.9 Å². The third-order valence-electron chi connectivity index (χ3n) is 14.1. The summed E-state index contributed by atoms with van der Waals surface area (Å²) in [5.41, 5.74) is 4.55. The van der Waals surface area contributed by atoms with Crippen molar-refractivity contribution in [3.8, 4) is 0 Å². The Morgan fingerprint density at radius 3 is 2.00 bits per heavy atom. The zero-order valence-corrected chi connectivity index (χ0v) is 47.2. The monoisotopic (exact) mass is 1050 g/mol. The molecule has 0 spiro atoms. The minimum atomic E-state index is -0.876. The Bertz CT molecular complexity index is 2170. The van der Waals surface area contributed by atoms with Crippen molar-refractivity contribution >= 4 is 59.8 Å². The van der Waals surface area contributed by atoms with E-state index in [0.717, 1.165) is 12.8 Å². The van der Waals surface area contributed by atoms with Gasteiger partial charge in [0.2, 0.25) is 35.4 Å². The van der Waals surface area contributed by atoms with Crippen molar-refractivity contribution in [3.05, 3.63) is 71.3 Å². The minimum absolute atomic E-state index is 0.00444. The molecular weight excluding hydrogens is 965 g/mol. The Hall–Kier alpha value is -5.37. The highest BCUT2D eigenvalue weighted by molar-refractivity contribution is 7.81. The lowest BCUT2D eigenvalue weighted by atomic mass is 9.89. The summed E-state index contributed by atoms with van der Waals surface area (Å²) in [5, 5.41) is 12.8. The summed E-state index contributed by atoms with van der Waals surface area (Å²) in [5.74, 6) is -2.97. The number of nitrogens with one attached hydrogen (secondary N) is 4. The van der Waals surface area contributed by atoms with Crippen molar-refractivity contribution in [1.82, 2.24) is 36.1 Å². The van der Waals surface area contributed by atoms with Gasteiger partial charge in [-0.2, -0.15) is 17.7 Å². The number of carbonyl (C=O) groups is 7. The first-order chi connectivity index (χ1) is 35.0. The van der Waals surface area contributed by atoms with Crippen LogP contribution in [0.2, 0.25) is 0 Å². The number of likely N-dealkylation sites (tertiary alicyclic amines) is 1. The highest BCUT2D eigenvalue weighted by Gasteiger charge is 2.42. The lowest BCUT2D eigenvalue weighted by molar-refractivity contribution is -0.144. The number of hydrogen-bond acceptors (Lipinski definition) is 13. The van der Waals surface area contributed by atoms with Crippen molar-refractivity contribution in [2.75, 3.05) is 54.2 Å². The summed E-state index contributed by atoms with van der Waals surface area (Å²) >= 11 is 3.89. The van der Waals surface area contributed by atoms with Crippen molar-refractivity contribution in [2.24, 2.45) is 28.8 Å². The molecule has 19 heteroatoms. The molecule has 1 aliphatic rings. The molecule has 18 nitrogen and oxygen atoms in total. The Morgan fingerprint density at radius 1 is 0.811 bits per heavy atom. The zero-order chi connectivity index (χ0) is 55.4. The number of ether oxygens (including phenoxy) is 3. The first kappa shape index (κ1) is 62.9. The molecule has 1 fully saturated rings. The van der Waals surface area contributed by atoms with Crippen LogP contribution < -0.4 is 21.4 Å².